The first-order valence-corrected chi connectivity index (χ1v) is 5.47. The largest absolute Gasteiger partial charge is 0.507 e. The van der Waals surface area contributed by atoms with E-state index >= 15 is 0 Å². The van der Waals surface area contributed by atoms with Crippen LogP contribution in [0.15, 0.2) is 60.9 Å². The van der Waals surface area contributed by atoms with E-state index in [0.29, 0.717) is 5.75 Å². The molecule has 3 aromatic rings. The highest BCUT2D eigenvalue weighted by molar-refractivity contribution is 5.99. The predicted octanol–water partition coefficient (Wildman–Crippen LogP) is 3.61. The predicted molar refractivity (Wildman–Crippen MR) is 68.8 cm³/mol. The van der Waals surface area contributed by atoms with Gasteiger partial charge >= 0.3 is 0 Å². The first-order valence-electron chi connectivity index (χ1n) is 5.47. The van der Waals surface area contributed by atoms with Crippen molar-refractivity contribution in [3.05, 3.63) is 60.9 Å². The lowest BCUT2D eigenvalue weighted by Crippen LogP contribution is -1.83. The molecular formula is C15H11NO. The molecule has 0 atom stereocenters. The molecule has 1 N–H and O–H groups in total. The standard InChI is InChI=1S/C15H11NO/c17-14-7-6-12-10-16-9-8-13(12)15(14)11-4-2-1-3-5-11/h1-10,17H. The van der Waals surface area contributed by atoms with Crippen molar-refractivity contribution in [2.45, 2.75) is 0 Å². The lowest BCUT2D eigenvalue weighted by molar-refractivity contribution is 0.478. The second-order valence-corrected chi connectivity index (χ2v) is 3.92. The molecule has 0 radical (unpaired) electrons. The van der Waals surface area contributed by atoms with Crippen molar-refractivity contribution in [2.24, 2.45) is 0 Å². The number of hydrogen-bond acceptors (Lipinski definition) is 2. The van der Waals surface area contributed by atoms with E-state index in [4.69, 9.17) is 0 Å². The third-order valence-electron chi connectivity index (χ3n) is 2.86. The van der Waals surface area contributed by atoms with Gasteiger partial charge in [-0.25, -0.2) is 0 Å². The first kappa shape index (κ1) is 9.85. The van der Waals surface area contributed by atoms with Crippen molar-refractivity contribution in [3.63, 3.8) is 0 Å². The van der Waals surface area contributed by atoms with E-state index in [1.807, 2.05) is 42.5 Å². The molecule has 2 nitrogen and oxygen atoms in total. The minimum atomic E-state index is 0.301. The van der Waals surface area contributed by atoms with Gasteiger partial charge in [-0.15, -0.1) is 0 Å². The van der Waals surface area contributed by atoms with Crippen LogP contribution in [0.5, 0.6) is 5.75 Å². The number of aromatic nitrogens is 1. The summed E-state index contributed by atoms with van der Waals surface area (Å²) in [4.78, 5) is 4.10. The number of nitrogens with zero attached hydrogens (tertiary/aromatic N) is 1. The molecule has 2 heteroatoms. The highest BCUT2D eigenvalue weighted by Crippen LogP contribution is 2.35. The Morgan fingerprint density at radius 3 is 2.53 bits per heavy atom. The molecule has 0 unspecified atom stereocenters. The van der Waals surface area contributed by atoms with E-state index in [1.165, 1.54) is 0 Å². The summed E-state index contributed by atoms with van der Waals surface area (Å²) in [7, 11) is 0. The molecule has 0 aliphatic heterocycles. The number of fused-ring (bicyclic) bond motifs is 1. The van der Waals surface area contributed by atoms with Crippen LogP contribution in [0, 0.1) is 0 Å². The summed E-state index contributed by atoms with van der Waals surface area (Å²) in [5.74, 6) is 0.301. The average molecular weight is 221 g/mol. The van der Waals surface area contributed by atoms with Gasteiger partial charge in [-0.05, 0) is 29.1 Å². The Hall–Kier alpha value is -2.35. The van der Waals surface area contributed by atoms with Gasteiger partial charge < -0.3 is 5.11 Å². The fourth-order valence-electron chi connectivity index (χ4n) is 2.07. The van der Waals surface area contributed by atoms with Crippen LogP contribution >= 0.6 is 0 Å². The minimum Gasteiger partial charge on any atom is -0.507 e. The Balaban J connectivity index is 2.39. The van der Waals surface area contributed by atoms with Gasteiger partial charge in [0.05, 0.1) is 0 Å². The summed E-state index contributed by atoms with van der Waals surface area (Å²) in [6.45, 7) is 0. The van der Waals surface area contributed by atoms with Gasteiger partial charge in [0.1, 0.15) is 5.75 Å². The third-order valence-corrected chi connectivity index (χ3v) is 2.86. The van der Waals surface area contributed by atoms with E-state index in [-0.39, 0.29) is 0 Å². The quantitative estimate of drug-likeness (QED) is 0.681. The number of aromatic hydroxyl groups is 1. The second kappa shape index (κ2) is 3.91. The number of phenolic OH excluding ortho intramolecular Hbond substituents is 1. The third kappa shape index (κ3) is 1.64. The van der Waals surface area contributed by atoms with Gasteiger partial charge in [-0.3, -0.25) is 4.98 Å². The average Bonchev–Trinajstić information content (AvgIpc) is 2.39. The van der Waals surface area contributed by atoms with Crippen LogP contribution in [-0.4, -0.2) is 10.1 Å². The molecule has 0 spiro atoms. The summed E-state index contributed by atoms with van der Waals surface area (Å²) >= 11 is 0. The molecule has 0 amide bonds. The number of phenols is 1. The molecule has 0 saturated carbocycles. The number of hydrogen-bond donors (Lipinski definition) is 1. The Bertz CT molecular complexity index is 662. The zero-order valence-electron chi connectivity index (χ0n) is 9.17. The number of benzene rings is 2. The molecular weight excluding hydrogens is 210 g/mol. The fourth-order valence-corrected chi connectivity index (χ4v) is 2.07. The number of rotatable bonds is 1. The zero-order chi connectivity index (χ0) is 11.7. The summed E-state index contributed by atoms with van der Waals surface area (Å²) in [6.07, 6.45) is 3.55. The molecule has 2 aromatic carbocycles. The van der Waals surface area contributed by atoms with Crippen molar-refractivity contribution in [1.29, 1.82) is 0 Å². The summed E-state index contributed by atoms with van der Waals surface area (Å²) in [5.41, 5.74) is 1.88. The van der Waals surface area contributed by atoms with E-state index in [1.54, 1.807) is 18.5 Å². The highest BCUT2D eigenvalue weighted by Gasteiger charge is 2.08. The molecule has 0 bridgehead atoms. The van der Waals surface area contributed by atoms with Crippen LogP contribution in [0.4, 0.5) is 0 Å². The minimum absolute atomic E-state index is 0.301. The maximum Gasteiger partial charge on any atom is 0.124 e. The zero-order valence-corrected chi connectivity index (χ0v) is 9.17. The highest BCUT2D eigenvalue weighted by atomic mass is 16.3. The maximum atomic E-state index is 10.0. The van der Waals surface area contributed by atoms with Crippen molar-refractivity contribution >= 4 is 10.8 Å². The van der Waals surface area contributed by atoms with Gasteiger partial charge in [0.2, 0.25) is 0 Å². The monoisotopic (exact) mass is 221 g/mol. The van der Waals surface area contributed by atoms with Crippen LogP contribution in [0.3, 0.4) is 0 Å². The van der Waals surface area contributed by atoms with Crippen LogP contribution in [0.25, 0.3) is 21.9 Å². The molecule has 1 aromatic heterocycles. The van der Waals surface area contributed by atoms with E-state index < -0.39 is 0 Å². The maximum absolute atomic E-state index is 10.0. The second-order valence-electron chi connectivity index (χ2n) is 3.92. The lowest BCUT2D eigenvalue weighted by Gasteiger charge is -2.08. The Morgan fingerprint density at radius 1 is 0.882 bits per heavy atom. The SMILES string of the molecule is Oc1ccc2cnccc2c1-c1ccccc1. The van der Waals surface area contributed by atoms with E-state index in [2.05, 4.69) is 4.98 Å². The molecule has 3 rings (SSSR count). The van der Waals surface area contributed by atoms with Crippen LogP contribution in [0.1, 0.15) is 0 Å². The van der Waals surface area contributed by atoms with Gasteiger partial charge in [0.15, 0.2) is 0 Å². The lowest BCUT2D eigenvalue weighted by atomic mass is 9.98. The first-order chi connectivity index (χ1) is 8.36. The molecule has 0 fully saturated rings. The summed E-state index contributed by atoms with van der Waals surface area (Å²) in [5, 5.41) is 12.1. The smallest absolute Gasteiger partial charge is 0.124 e. The number of pyridine rings is 1. The van der Waals surface area contributed by atoms with Crippen molar-refractivity contribution in [3.8, 4) is 16.9 Å². The summed E-state index contributed by atoms with van der Waals surface area (Å²) in [6, 6.07) is 15.4. The molecule has 1 heterocycles. The fraction of sp³-hybridized carbons (Fsp3) is 0. The van der Waals surface area contributed by atoms with Crippen LogP contribution in [0.2, 0.25) is 0 Å². The Labute approximate surface area is 99.2 Å². The summed E-state index contributed by atoms with van der Waals surface area (Å²) < 4.78 is 0. The normalized spacial score (nSPS) is 10.6. The van der Waals surface area contributed by atoms with Gasteiger partial charge in [-0.2, -0.15) is 0 Å². The molecule has 17 heavy (non-hydrogen) atoms. The molecule has 82 valence electrons. The Morgan fingerprint density at radius 2 is 1.71 bits per heavy atom. The Kier molecular flexibility index (Phi) is 2.26. The van der Waals surface area contributed by atoms with E-state index in [9.17, 15) is 5.11 Å². The van der Waals surface area contributed by atoms with Gasteiger partial charge in [-0.1, -0.05) is 30.3 Å². The topological polar surface area (TPSA) is 33.1 Å². The van der Waals surface area contributed by atoms with Crippen molar-refractivity contribution < 1.29 is 5.11 Å². The molecule has 0 saturated heterocycles. The van der Waals surface area contributed by atoms with Crippen LogP contribution < -0.4 is 0 Å². The van der Waals surface area contributed by atoms with Gasteiger partial charge in [0.25, 0.3) is 0 Å². The van der Waals surface area contributed by atoms with Gasteiger partial charge in [0, 0.05) is 23.3 Å². The van der Waals surface area contributed by atoms with Crippen LogP contribution in [-0.2, 0) is 0 Å². The van der Waals surface area contributed by atoms with Crippen molar-refractivity contribution in [2.75, 3.05) is 0 Å². The van der Waals surface area contributed by atoms with E-state index in [0.717, 1.165) is 21.9 Å². The molecule has 0 aliphatic rings. The molecule has 0 aliphatic carbocycles. The van der Waals surface area contributed by atoms with Crippen molar-refractivity contribution in [1.82, 2.24) is 4.98 Å².